The molecule has 0 fully saturated rings. The molecule has 1 aromatic carbocycles. The molecule has 1 unspecified atom stereocenters. The molecule has 1 rings (SSSR count). The molecule has 0 spiro atoms. The molecule has 0 saturated carbocycles. The molecule has 0 aliphatic carbocycles. The van der Waals surface area contributed by atoms with Crippen molar-refractivity contribution in [2.75, 3.05) is 31.7 Å². The van der Waals surface area contributed by atoms with Crippen LogP contribution in [0.5, 0.6) is 0 Å². The van der Waals surface area contributed by atoms with Gasteiger partial charge in [-0.1, -0.05) is 19.9 Å². The molecule has 0 aliphatic heterocycles. The molecule has 112 valence electrons. The Labute approximate surface area is 120 Å². The molecule has 0 heterocycles. The van der Waals surface area contributed by atoms with E-state index in [1.807, 2.05) is 14.1 Å². The Balaban J connectivity index is 2.98. The Bertz CT molecular complexity index is 450. The van der Waals surface area contributed by atoms with Gasteiger partial charge in [0.05, 0.1) is 4.92 Å². The van der Waals surface area contributed by atoms with E-state index in [0.717, 1.165) is 13.0 Å². The Morgan fingerprint density at radius 3 is 2.55 bits per heavy atom. The lowest BCUT2D eigenvalue weighted by molar-refractivity contribution is -0.383. The Kier molecular flexibility index (Phi) is 5.76. The summed E-state index contributed by atoms with van der Waals surface area (Å²) in [5, 5.41) is 14.4. The summed E-state index contributed by atoms with van der Waals surface area (Å²) >= 11 is 0. The van der Waals surface area contributed by atoms with Crippen molar-refractivity contribution in [3.05, 3.63) is 28.3 Å². The summed E-state index contributed by atoms with van der Waals surface area (Å²) in [5.74, 6) is 0.507. The van der Waals surface area contributed by atoms with E-state index in [4.69, 9.17) is 5.73 Å². The van der Waals surface area contributed by atoms with E-state index in [1.165, 1.54) is 0 Å². The SMILES string of the molecule is CC(C)CC(CN(C)C)Nc1cccc(N)c1[N+](=O)[O-]. The summed E-state index contributed by atoms with van der Waals surface area (Å²) in [5.41, 5.74) is 6.34. The second-order valence-electron chi connectivity index (χ2n) is 5.73. The van der Waals surface area contributed by atoms with Crippen molar-refractivity contribution in [1.29, 1.82) is 0 Å². The van der Waals surface area contributed by atoms with Crippen LogP contribution in [0.1, 0.15) is 20.3 Å². The Morgan fingerprint density at radius 1 is 1.40 bits per heavy atom. The molecular formula is C14H24N4O2. The van der Waals surface area contributed by atoms with Gasteiger partial charge in [-0.25, -0.2) is 0 Å². The highest BCUT2D eigenvalue weighted by molar-refractivity contribution is 5.74. The van der Waals surface area contributed by atoms with Crippen LogP contribution in [0.3, 0.4) is 0 Å². The quantitative estimate of drug-likeness (QED) is 0.455. The van der Waals surface area contributed by atoms with E-state index in [0.29, 0.717) is 11.6 Å². The van der Waals surface area contributed by atoms with E-state index in [1.54, 1.807) is 18.2 Å². The topological polar surface area (TPSA) is 84.4 Å². The van der Waals surface area contributed by atoms with Crippen LogP contribution in [0.2, 0.25) is 0 Å². The van der Waals surface area contributed by atoms with E-state index in [-0.39, 0.29) is 17.4 Å². The summed E-state index contributed by atoms with van der Waals surface area (Å²) in [6, 6.07) is 5.13. The number of likely N-dealkylation sites (N-methyl/N-ethyl adjacent to an activating group) is 1. The second kappa shape index (κ2) is 7.09. The summed E-state index contributed by atoms with van der Waals surface area (Å²) in [7, 11) is 3.98. The molecule has 0 aliphatic rings. The maximum absolute atomic E-state index is 11.1. The van der Waals surface area contributed by atoms with Gasteiger partial charge in [-0.3, -0.25) is 10.1 Å². The number of anilines is 2. The molecule has 1 atom stereocenters. The van der Waals surface area contributed by atoms with Crippen molar-refractivity contribution in [1.82, 2.24) is 4.90 Å². The monoisotopic (exact) mass is 280 g/mol. The van der Waals surface area contributed by atoms with Crippen LogP contribution in [-0.2, 0) is 0 Å². The predicted molar refractivity (Wildman–Crippen MR) is 82.9 cm³/mol. The van der Waals surface area contributed by atoms with Crippen LogP contribution >= 0.6 is 0 Å². The van der Waals surface area contributed by atoms with Gasteiger partial charge in [-0.05, 0) is 38.6 Å². The van der Waals surface area contributed by atoms with Crippen LogP contribution in [-0.4, -0.2) is 36.5 Å². The number of nitrogens with two attached hydrogens (primary N) is 1. The fourth-order valence-electron chi connectivity index (χ4n) is 2.29. The van der Waals surface area contributed by atoms with Crippen molar-refractivity contribution in [2.45, 2.75) is 26.3 Å². The molecule has 20 heavy (non-hydrogen) atoms. The van der Waals surface area contributed by atoms with Crippen LogP contribution < -0.4 is 11.1 Å². The molecular weight excluding hydrogens is 256 g/mol. The Hall–Kier alpha value is -1.82. The first-order valence-electron chi connectivity index (χ1n) is 6.75. The number of benzene rings is 1. The fraction of sp³-hybridized carbons (Fsp3) is 0.571. The highest BCUT2D eigenvalue weighted by Gasteiger charge is 2.21. The number of nitrogens with one attached hydrogen (secondary N) is 1. The fourth-order valence-corrected chi connectivity index (χ4v) is 2.29. The number of nitrogen functional groups attached to an aromatic ring is 1. The van der Waals surface area contributed by atoms with Gasteiger partial charge in [0.2, 0.25) is 0 Å². The Morgan fingerprint density at radius 2 is 2.05 bits per heavy atom. The first kappa shape index (κ1) is 16.2. The van der Waals surface area contributed by atoms with Gasteiger partial charge in [-0.2, -0.15) is 0 Å². The molecule has 6 nitrogen and oxygen atoms in total. The average Bonchev–Trinajstić information content (AvgIpc) is 2.26. The lowest BCUT2D eigenvalue weighted by atomic mass is 10.0. The second-order valence-corrected chi connectivity index (χ2v) is 5.73. The van der Waals surface area contributed by atoms with Gasteiger partial charge in [0.1, 0.15) is 11.4 Å². The first-order chi connectivity index (χ1) is 9.31. The zero-order chi connectivity index (χ0) is 15.3. The van der Waals surface area contributed by atoms with E-state index < -0.39 is 4.92 Å². The third kappa shape index (κ3) is 4.70. The number of hydrogen-bond donors (Lipinski definition) is 2. The minimum Gasteiger partial charge on any atom is -0.393 e. The summed E-state index contributed by atoms with van der Waals surface area (Å²) in [4.78, 5) is 12.8. The lowest BCUT2D eigenvalue weighted by Gasteiger charge is -2.25. The highest BCUT2D eigenvalue weighted by atomic mass is 16.6. The van der Waals surface area contributed by atoms with Gasteiger partial charge >= 0.3 is 5.69 Å². The predicted octanol–water partition coefficient (Wildman–Crippen LogP) is 2.57. The number of para-hydroxylation sites is 1. The molecule has 0 aromatic heterocycles. The largest absolute Gasteiger partial charge is 0.393 e. The van der Waals surface area contributed by atoms with Gasteiger partial charge < -0.3 is 16.0 Å². The van der Waals surface area contributed by atoms with Crippen LogP contribution in [0.15, 0.2) is 18.2 Å². The molecule has 1 aromatic rings. The minimum atomic E-state index is -0.431. The summed E-state index contributed by atoms with van der Waals surface area (Å²) in [6.45, 7) is 5.08. The molecule has 0 amide bonds. The van der Waals surface area contributed by atoms with Crippen molar-refractivity contribution < 1.29 is 4.92 Å². The first-order valence-corrected chi connectivity index (χ1v) is 6.75. The number of nitro groups is 1. The van der Waals surface area contributed by atoms with Gasteiger partial charge in [-0.15, -0.1) is 0 Å². The van der Waals surface area contributed by atoms with Crippen molar-refractivity contribution >= 4 is 17.1 Å². The smallest absolute Gasteiger partial charge is 0.314 e. The lowest BCUT2D eigenvalue weighted by Crippen LogP contribution is -2.33. The molecule has 6 heteroatoms. The van der Waals surface area contributed by atoms with E-state index in [2.05, 4.69) is 24.1 Å². The van der Waals surface area contributed by atoms with Crippen LogP contribution in [0, 0.1) is 16.0 Å². The van der Waals surface area contributed by atoms with Gasteiger partial charge in [0.15, 0.2) is 0 Å². The summed E-state index contributed by atoms with van der Waals surface area (Å²) < 4.78 is 0. The van der Waals surface area contributed by atoms with Crippen LogP contribution in [0.4, 0.5) is 17.1 Å². The zero-order valence-electron chi connectivity index (χ0n) is 12.6. The van der Waals surface area contributed by atoms with Gasteiger partial charge in [0, 0.05) is 12.6 Å². The van der Waals surface area contributed by atoms with Crippen molar-refractivity contribution in [3.8, 4) is 0 Å². The van der Waals surface area contributed by atoms with Crippen LogP contribution in [0.25, 0.3) is 0 Å². The number of rotatable bonds is 7. The number of hydrogen-bond acceptors (Lipinski definition) is 5. The normalized spacial score (nSPS) is 12.7. The van der Waals surface area contributed by atoms with Gasteiger partial charge in [0.25, 0.3) is 0 Å². The number of nitro benzene ring substituents is 1. The third-order valence-corrected chi connectivity index (χ3v) is 2.95. The molecule has 3 N–H and O–H groups in total. The highest BCUT2D eigenvalue weighted by Crippen LogP contribution is 2.31. The summed E-state index contributed by atoms with van der Waals surface area (Å²) in [6.07, 6.45) is 0.935. The van der Waals surface area contributed by atoms with E-state index in [9.17, 15) is 10.1 Å². The maximum Gasteiger partial charge on any atom is 0.314 e. The zero-order valence-corrected chi connectivity index (χ0v) is 12.6. The third-order valence-electron chi connectivity index (χ3n) is 2.95. The van der Waals surface area contributed by atoms with Crippen molar-refractivity contribution in [2.24, 2.45) is 5.92 Å². The standard InChI is InChI=1S/C14H24N4O2/c1-10(2)8-11(9-17(3)4)16-13-7-5-6-12(15)14(13)18(19)20/h5-7,10-11,16H,8-9,15H2,1-4H3. The maximum atomic E-state index is 11.1. The molecule has 0 radical (unpaired) electrons. The molecule has 0 bridgehead atoms. The molecule has 0 saturated heterocycles. The number of nitrogens with zero attached hydrogens (tertiary/aromatic N) is 2. The average molecular weight is 280 g/mol. The van der Waals surface area contributed by atoms with Crippen molar-refractivity contribution in [3.63, 3.8) is 0 Å². The minimum absolute atomic E-state index is 0.0417. The van der Waals surface area contributed by atoms with E-state index >= 15 is 0 Å².